The van der Waals surface area contributed by atoms with Crippen LogP contribution in [-0.2, 0) is 0 Å². The molecule has 0 spiro atoms. The first-order chi connectivity index (χ1) is 9.68. The Morgan fingerprint density at radius 1 is 1.10 bits per heavy atom. The SMILES string of the molecule is Nc1onc(-c2ccccn2)c1-c1c(F)cccc1Cl. The van der Waals surface area contributed by atoms with E-state index in [9.17, 15) is 4.39 Å². The molecule has 3 rings (SSSR count). The number of hydrogen-bond acceptors (Lipinski definition) is 4. The second kappa shape index (κ2) is 4.94. The summed E-state index contributed by atoms with van der Waals surface area (Å²) in [6.07, 6.45) is 1.60. The molecule has 6 heteroatoms. The maximum Gasteiger partial charge on any atom is 0.230 e. The average Bonchev–Trinajstić information content (AvgIpc) is 2.82. The molecule has 100 valence electrons. The van der Waals surface area contributed by atoms with Crippen LogP contribution in [0.2, 0.25) is 5.02 Å². The van der Waals surface area contributed by atoms with Crippen molar-refractivity contribution in [3.63, 3.8) is 0 Å². The Balaban J connectivity index is 2.28. The van der Waals surface area contributed by atoms with Crippen LogP contribution < -0.4 is 5.73 Å². The van der Waals surface area contributed by atoms with Crippen molar-refractivity contribution in [1.82, 2.24) is 10.1 Å². The van der Waals surface area contributed by atoms with Gasteiger partial charge in [-0.2, -0.15) is 0 Å². The molecule has 20 heavy (non-hydrogen) atoms. The third-order valence-corrected chi connectivity index (χ3v) is 3.15. The fourth-order valence-electron chi connectivity index (χ4n) is 1.96. The topological polar surface area (TPSA) is 64.9 Å². The molecular weight excluding hydrogens is 281 g/mol. The summed E-state index contributed by atoms with van der Waals surface area (Å²) in [6.45, 7) is 0. The Morgan fingerprint density at radius 2 is 1.95 bits per heavy atom. The number of nitrogens with zero attached hydrogens (tertiary/aromatic N) is 2. The lowest BCUT2D eigenvalue weighted by atomic mass is 10.0. The molecule has 3 aromatic rings. The minimum atomic E-state index is -0.496. The molecule has 1 aromatic carbocycles. The van der Waals surface area contributed by atoms with E-state index in [-0.39, 0.29) is 16.5 Å². The van der Waals surface area contributed by atoms with Gasteiger partial charge in [0.2, 0.25) is 5.88 Å². The number of halogens is 2. The first kappa shape index (κ1) is 12.6. The van der Waals surface area contributed by atoms with Crippen LogP contribution in [0.4, 0.5) is 10.3 Å². The standard InChI is InChI=1S/C14H9ClFN3O/c15-8-4-3-5-9(16)11(8)12-13(19-20-14(12)17)10-6-1-2-7-18-10/h1-7H,17H2. The second-order valence-electron chi connectivity index (χ2n) is 4.08. The highest BCUT2D eigenvalue weighted by Gasteiger charge is 2.23. The minimum Gasteiger partial charge on any atom is -0.367 e. The maximum atomic E-state index is 14.1. The van der Waals surface area contributed by atoms with Crippen LogP contribution in [0.25, 0.3) is 22.5 Å². The molecule has 0 amide bonds. The van der Waals surface area contributed by atoms with E-state index in [1.54, 1.807) is 30.5 Å². The van der Waals surface area contributed by atoms with Gasteiger partial charge in [-0.1, -0.05) is 28.9 Å². The average molecular weight is 290 g/mol. The molecule has 2 N–H and O–H groups in total. The fourth-order valence-corrected chi connectivity index (χ4v) is 2.22. The Bertz CT molecular complexity index is 738. The van der Waals surface area contributed by atoms with Gasteiger partial charge < -0.3 is 10.3 Å². The number of nitrogens with two attached hydrogens (primary N) is 1. The number of aromatic nitrogens is 2. The number of benzene rings is 1. The molecule has 0 aliphatic rings. The first-order valence-corrected chi connectivity index (χ1v) is 6.17. The van der Waals surface area contributed by atoms with Crippen molar-refractivity contribution in [1.29, 1.82) is 0 Å². The number of rotatable bonds is 2. The van der Waals surface area contributed by atoms with E-state index in [4.69, 9.17) is 21.9 Å². The highest BCUT2D eigenvalue weighted by Crippen LogP contribution is 2.40. The second-order valence-corrected chi connectivity index (χ2v) is 4.49. The summed E-state index contributed by atoms with van der Waals surface area (Å²) >= 11 is 6.07. The summed E-state index contributed by atoms with van der Waals surface area (Å²) in [7, 11) is 0. The summed E-state index contributed by atoms with van der Waals surface area (Å²) in [5, 5.41) is 4.09. The summed E-state index contributed by atoms with van der Waals surface area (Å²) in [4.78, 5) is 4.16. The van der Waals surface area contributed by atoms with Crippen LogP contribution >= 0.6 is 11.6 Å². The molecule has 0 aliphatic heterocycles. The smallest absolute Gasteiger partial charge is 0.230 e. The van der Waals surface area contributed by atoms with Gasteiger partial charge in [0, 0.05) is 11.8 Å². The molecule has 4 nitrogen and oxygen atoms in total. The van der Waals surface area contributed by atoms with Crippen LogP contribution in [-0.4, -0.2) is 10.1 Å². The molecule has 0 fully saturated rings. The maximum absolute atomic E-state index is 14.1. The zero-order valence-electron chi connectivity index (χ0n) is 10.2. The Morgan fingerprint density at radius 3 is 2.65 bits per heavy atom. The number of anilines is 1. The highest BCUT2D eigenvalue weighted by molar-refractivity contribution is 6.33. The Hall–Kier alpha value is -2.40. The van der Waals surface area contributed by atoms with Gasteiger partial charge in [0.15, 0.2) is 0 Å². The summed E-state index contributed by atoms with van der Waals surface area (Å²) in [6, 6.07) is 9.69. The van der Waals surface area contributed by atoms with Gasteiger partial charge in [-0.3, -0.25) is 4.98 Å². The number of pyridine rings is 1. The van der Waals surface area contributed by atoms with Crippen molar-refractivity contribution in [2.45, 2.75) is 0 Å². The molecule has 0 unspecified atom stereocenters. The quantitative estimate of drug-likeness (QED) is 0.780. The van der Waals surface area contributed by atoms with E-state index >= 15 is 0 Å². The zero-order chi connectivity index (χ0) is 14.1. The van der Waals surface area contributed by atoms with E-state index in [1.807, 2.05) is 0 Å². The van der Waals surface area contributed by atoms with Crippen molar-refractivity contribution < 1.29 is 8.91 Å². The first-order valence-electron chi connectivity index (χ1n) is 5.79. The van der Waals surface area contributed by atoms with Gasteiger partial charge in [-0.25, -0.2) is 4.39 Å². The largest absolute Gasteiger partial charge is 0.367 e. The van der Waals surface area contributed by atoms with Crippen LogP contribution in [0.15, 0.2) is 47.1 Å². The molecule has 0 radical (unpaired) electrons. The van der Waals surface area contributed by atoms with Gasteiger partial charge >= 0.3 is 0 Å². The third-order valence-electron chi connectivity index (χ3n) is 2.84. The van der Waals surface area contributed by atoms with Gasteiger partial charge in [-0.05, 0) is 24.3 Å². The summed E-state index contributed by atoms with van der Waals surface area (Å²) in [5.41, 5.74) is 7.13. The lowest BCUT2D eigenvalue weighted by Crippen LogP contribution is -1.93. The van der Waals surface area contributed by atoms with Crippen molar-refractivity contribution >= 4 is 17.5 Å². The van der Waals surface area contributed by atoms with Gasteiger partial charge in [0.25, 0.3) is 0 Å². The van der Waals surface area contributed by atoms with E-state index in [2.05, 4.69) is 10.1 Å². The van der Waals surface area contributed by atoms with E-state index in [1.165, 1.54) is 12.1 Å². The lowest BCUT2D eigenvalue weighted by Gasteiger charge is -2.06. The lowest BCUT2D eigenvalue weighted by molar-refractivity contribution is 0.439. The van der Waals surface area contributed by atoms with Gasteiger partial charge in [-0.15, -0.1) is 0 Å². The number of nitrogen functional groups attached to an aromatic ring is 1. The summed E-state index contributed by atoms with van der Waals surface area (Å²) in [5.74, 6) is -0.498. The van der Waals surface area contributed by atoms with Crippen molar-refractivity contribution in [3.8, 4) is 22.5 Å². The Labute approximate surface area is 119 Å². The minimum absolute atomic E-state index is 0.00217. The molecule has 2 heterocycles. The van der Waals surface area contributed by atoms with Crippen molar-refractivity contribution in [3.05, 3.63) is 53.4 Å². The van der Waals surface area contributed by atoms with Crippen LogP contribution in [0.3, 0.4) is 0 Å². The van der Waals surface area contributed by atoms with Crippen molar-refractivity contribution in [2.75, 3.05) is 5.73 Å². The van der Waals surface area contributed by atoms with Crippen LogP contribution in [0, 0.1) is 5.82 Å². The normalized spacial score (nSPS) is 10.7. The monoisotopic (exact) mass is 289 g/mol. The van der Waals surface area contributed by atoms with Crippen LogP contribution in [0.1, 0.15) is 0 Å². The van der Waals surface area contributed by atoms with Crippen LogP contribution in [0.5, 0.6) is 0 Å². The zero-order valence-corrected chi connectivity index (χ0v) is 10.9. The fraction of sp³-hybridized carbons (Fsp3) is 0. The molecule has 0 saturated heterocycles. The van der Waals surface area contributed by atoms with Crippen molar-refractivity contribution in [2.24, 2.45) is 0 Å². The predicted octanol–water partition coefficient (Wildman–Crippen LogP) is 3.78. The van der Waals surface area contributed by atoms with E-state index in [0.29, 0.717) is 17.0 Å². The molecule has 0 atom stereocenters. The molecule has 0 saturated carbocycles. The van der Waals surface area contributed by atoms with E-state index in [0.717, 1.165) is 0 Å². The summed E-state index contributed by atoms with van der Waals surface area (Å²) < 4.78 is 19.0. The molecule has 0 aliphatic carbocycles. The van der Waals surface area contributed by atoms with E-state index < -0.39 is 5.82 Å². The van der Waals surface area contributed by atoms with Gasteiger partial charge in [0.05, 0.1) is 16.3 Å². The molecule has 2 aromatic heterocycles. The molecular formula is C14H9ClFN3O. The number of hydrogen-bond donors (Lipinski definition) is 1. The third kappa shape index (κ3) is 2.02. The predicted molar refractivity (Wildman–Crippen MR) is 74.6 cm³/mol. The molecule has 0 bridgehead atoms. The van der Waals surface area contributed by atoms with Gasteiger partial charge in [0.1, 0.15) is 11.5 Å². The highest BCUT2D eigenvalue weighted by atomic mass is 35.5. The Kier molecular flexibility index (Phi) is 3.12.